The molecule has 0 radical (unpaired) electrons. The quantitative estimate of drug-likeness (QED) is 0.591. The van der Waals surface area contributed by atoms with Gasteiger partial charge < -0.3 is 14.4 Å². The van der Waals surface area contributed by atoms with Crippen LogP contribution in [0, 0.1) is 12.8 Å². The van der Waals surface area contributed by atoms with Gasteiger partial charge in [-0.2, -0.15) is 4.31 Å². The molecule has 2 aromatic rings. The minimum absolute atomic E-state index is 0.120. The van der Waals surface area contributed by atoms with Gasteiger partial charge in [0, 0.05) is 44.6 Å². The number of ether oxygens (including phenoxy) is 2. The molecule has 1 saturated heterocycles. The number of nitrogens with zero attached hydrogens (tertiary/aromatic N) is 2. The SMILES string of the molecule is CCCN(Cc1ccc(C)cc1)C(=O)C1CCN(S(=O)(=O)c2ccc3c(c2)OCCCO3)CC1. The summed E-state index contributed by atoms with van der Waals surface area (Å²) in [6, 6.07) is 13.0. The topological polar surface area (TPSA) is 76.2 Å². The summed E-state index contributed by atoms with van der Waals surface area (Å²) in [5, 5.41) is 0. The predicted molar refractivity (Wildman–Crippen MR) is 130 cm³/mol. The summed E-state index contributed by atoms with van der Waals surface area (Å²) in [5.41, 5.74) is 2.31. The van der Waals surface area contributed by atoms with Crippen LogP contribution in [0.1, 0.15) is 43.7 Å². The van der Waals surface area contributed by atoms with Gasteiger partial charge in [0.05, 0.1) is 18.1 Å². The number of rotatable bonds is 7. The highest BCUT2D eigenvalue weighted by Crippen LogP contribution is 2.34. The van der Waals surface area contributed by atoms with Crippen molar-refractivity contribution in [2.24, 2.45) is 5.92 Å². The first-order valence-electron chi connectivity index (χ1n) is 12.1. The highest BCUT2D eigenvalue weighted by Gasteiger charge is 2.34. The van der Waals surface area contributed by atoms with Crippen molar-refractivity contribution >= 4 is 15.9 Å². The largest absolute Gasteiger partial charge is 0.490 e. The molecule has 4 rings (SSSR count). The van der Waals surface area contributed by atoms with Gasteiger partial charge in [0.15, 0.2) is 11.5 Å². The Morgan fingerprint density at radius 1 is 1.03 bits per heavy atom. The van der Waals surface area contributed by atoms with Crippen LogP contribution in [0.5, 0.6) is 11.5 Å². The lowest BCUT2D eigenvalue weighted by Crippen LogP contribution is -2.44. The van der Waals surface area contributed by atoms with E-state index >= 15 is 0 Å². The summed E-state index contributed by atoms with van der Waals surface area (Å²) in [5.74, 6) is 1.00. The van der Waals surface area contributed by atoms with Crippen LogP contribution in [-0.4, -0.2) is 56.4 Å². The number of hydrogen-bond acceptors (Lipinski definition) is 5. The van der Waals surface area contributed by atoms with Crippen molar-refractivity contribution < 1.29 is 22.7 Å². The van der Waals surface area contributed by atoms with Crippen LogP contribution < -0.4 is 9.47 Å². The molecule has 184 valence electrons. The number of fused-ring (bicyclic) bond motifs is 1. The van der Waals surface area contributed by atoms with Gasteiger partial charge in [0.25, 0.3) is 0 Å². The van der Waals surface area contributed by atoms with E-state index in [0.29, 0.717) is 63.7 Å². The first kappa shape index (κ1) is 24.5. The fraction of sp³-hybridized carbons (Fsp3) is 0.500. The van der Waals surface area contributed by atoms with E-state index in [1.165, 1.54) is 9.87 Å². The van der Waals surface area contributed by atoms with Crippen LogP contribution in [-0.2, 0) is 21.4 Å². The van der Waals surface area contributed by atoms with Crippen LogP contribution in [0.15, 0.2) is 47.4 Å². The first-order chi connectivity index (χ1) is 16.4. The predicted octanol–water partition coefficient (Wildman–Crippen LogP) is 4.00. The second-order valence-corrected chi connectivity index (χ2v) is 11.0. The average molecular weight is 487 g/mol. The standard InChI is InChI=1S/C26H34N2O5S/c1-3-13-27(19-21-7-5-20(2)6-8-21)26(29)22-11-14-28(15-12-22)34(30,31)23-9-10-24-25(18-23)33-17-4-16-32-24/h5-10,18,22H,3-4,11-17,19H2,1-2H3. The monoisotopic (exact) mass is 486 g/mol. The van der Waals surface area contributed by atoms with Gasteiger partial charge in [-0.05, 0) is 43.9 Å². The lowest BCUT2D eigenvalue weighted by atomic mass is 9.96. The van der Waals surface area contributed by atoms with Crippen molar-refractivity contribution in [3.05, 3.63) is 53.6 Å². The van der Waals surface area contributed by atoms with E-state index in [0.717, 1.165) is 18.4 Å². The maximum Gasteiger partial charge on any atom is 0.243 e. The maximum atomic E-state index is 13.3. The second kappa shape index (κ2) is 10.8. The molecule has 0 atom stereocenters. The number of aryl methyl sites for hydroxylation is 1. The first-order valence-corrected chi connectivity index (χ1v) is 13.6. The Bertz CT molecular complexity index is 1090. The number of carbonyl (C=O) groups excluding carboxylic acids is 1. The zero-order valence-electron chi connectivity index (χ0n) is 20.0. The Balaban J connectivity index is 1.40. The van der Waals surface area contributed by atoms with E-state index in [2.05, 4.69) is 31.2 Å². The minimum Gasteiger partial charge on any atom is -0.490 e. The van der Waals surface area contributed by atoms with Crippen LogP contribution in [0.4, 0.5) is 0 Å². The summed E-state index contributed by atoms with van der Waals surface area (Å²) in [6.07, 6.45) is 2.69. The molecule has 2 aromatic carbocycles. The number of benzene rings is 2. The third-order valence-electron chi connectivity index (χ3n) is 6.46. The highest BCUT2D eigenvalue weighted by molar-refractivity contribution is 7.89. The van der Waals surface area contributed by atoms with Gasteiger partial charge >= 0.3 is 0 Å². The normalized spacial score (nSPS) is 17.2. The molecule has 0 aromatic heterocycles. The minimum atomic E-state index is -3.67. The summed E-state index contributed by atoms with van der Waals surface area (Å²) in [4.78, 5) is 15.4. The Morgan fingerprint density at radius 2 is 1.71 bits per heavy atom. The van der Waals surface area contributed by atoms with Crippen LogP contribution in [0.25, 0.3) is 0 Å². The summed E-state index contributed by atoms with van der Waals surface area (Å²) >= 11 is 0. The van der Waals surface area contributed by atoms with Crippen LogP contribution >= 0.6 is 0 Å². The van der Waals surface area contributed by atoms with Gasteiger partial charge in [-0.25, -0.2) is 8.42 Å². The van der Waals surface area contributed by atoms with Gasteiger partial charge in [0.1, 0.15) is 0 Å². The Hall–Kier alpha value is -2.58. The number of piperidine rings is 1. The molecule has 2 heterocycles. The third-order valence-corrected chi connectivity index (χ3v) is 8.35. The molecule has 7 nitrogen and oxygen atoms in total. The molecular weight excluding hydrogens is 452 g/mol. The van der Waals surface area contributed by atoms with Crippen molar-refractivity contribution in [2.45, 2.75) is 51.0 Å². The van der Waals surface area contributed by atoms with Crippen molar-refractivity contribution in [3.63, 3.8) is 0 Å². The number of amides is 1. The molecule has 0 N–H and O–H groups in total. The maximum absolute atomic E-state index is 13.3. The Labute approximate surface area is 202 Å². The molecule has 1 fully saturated rings. The molecular formula is C26H34N2O5S. The fourth-order valence-electron chi connectivity index (χ4n) is 4.51. The molecule has 2 aliphatic rings. The van der Waals surface area contributed by atoms with Crippen LogP contribution in [0.3, 0.4) is 0 Å². The van der Waals surface area contributed by atoms with Gasteiger partial charge in [-0.15, -0.1) is 0 Å². The van der Waals surface area contributed by atoms with E-state index in [4.69, 9.17) is 9.47 Å². The molecule has 0 unspecified atom stereocenters. The van der Waals surface area contributed by atoms with Crippen molar-refractivity contribution in [1.29, 1.82) is 0 Å². The summed E-state index contributed by atoms with van der Waals surface area (Å²) < 4.78 is 39.3. The zero-order valence-corrected chi connectivity index (χ0v) is 20.9. The number of hydrogen-bond donors (Lipinski definition) is 0. The third kappa shape index (κ3) is 5.55. The van der Waals surface area contributed by atoms with Crippen molar-refractivity contribution in [3.8, 4) is 11.5 Å². The van der Waals surface area contributed by atoms with E-state index in [1.54, 1.807) is 18.2 Å². The lowest BCUT2D eigenvalue weighted by Gasteiger charge is -2.34. The Kier molecular flexibility index (Phi) is 7.78. The molecule has 2 aliphatic heterocycles. The number of carbonyl (C=O) groups is 1. The summed E-state index contributed by atoms with van der Waals surface area (Å²) in [7, 11) is -3.67. The highest BCUT2D eigenvalue weighted by atomic mass is 32.2. The van der Waals surface area contributed by atoms with Crippen molar-refractivity contribution in [1.82, 2.24) is 9.21 Å². The average Bonchev–Trinajstić information content (AvgIpc) is 3.10. The molecule has 0 bridgehead atoms. The lowest BCUT2D eigenvalue weighted by molar-refractivity contribution is -0.137. The smallest absolute Gasteiger partial charge is 0.243 e. The summed E-state index contributed by atoms with van der Waals surface area (Å²) in [6.45, 7) is 7.12. The van der Waals surface area contributed by atoms with Crippen LogP contribution in [0.2, 0.25) is 0 Å². The molecule has 0 saturated carbocycles. The molecule has 1 amide bonds. The molecule has 34 heavy (non-hydrogen) atoms. The molecule has 0 aliphatic carbocycles. The molecule has 8 heteroatoms. The van der Waals surface area contributed by atoms with Gasteiger partial charge in [-0.3, -0.25) is 4.79 Å². The van der Waals surface area contributed by atoms with Gasteiger partial charge in [-0.1, -0.05) is 36.8 Å². The fourth-order valence-corrected chi connectivity index (χ4v) is 5.99. The van der Waals surface area contributed by atoms with E-state index in [-0.39, 0.29) is 16.7 Å². The van der Waals surface area contributed by atoms with Crippen molar-refractivity contribution in [2.75, 3.05) is 32.8 Å². The van der Waals surface area contributed by atoms with E-state index in [1.807, 2.05) is 11.8 Å². The van der Waals surface area contributed by atoms with E-state index < -0.39 is 10.0 Å². The molecule has 0 spiro atoms. The zero-order chi connectivity index (χ0) is 24.1. The number of sulfonamides is 1. The Morgan fingerprint density at radius 3 is 2.38 bits per heavy atom. The van der Waals surface area contributed by atoms with E-state index in [9.17, 15) is 13.2 Å². The van der Waals surface area contributed by atoms with Gasteiger partial charge in [0.2, 0.25) is 15.9 Å². The second-order valence-electron chi connectivity index (χ2n) is 9.08.